The quantitative estimate of drug-likeness (QED) is 0.195. The molecule has 1 aromatic heterocycles. The standard InChI is InChI=1S/C31H42N2O2/c1-4-6-7-10-21-34-29-19-17-27(18-20-29)26-13-15-28(16-14-26)31-32-23-30(24-33-31)35-22-11-8-9-12-25(3)5-2/h13-20,23-25H,4-12,21-22H2,1-3H3/t25-/m0/s1. The number of ether oxygens (including phenoxy) is 2. The highest BCUT2D eigenvalue weighted by atomic mass is 16.5. The minimum absolute atomic E-state index is 0.712. The molecule has 1 heterocycles. The van der Waals surface area contributed by atoms with Crippen molar-refractivity contribution in [2.75, 3.05) is 13.2 Å². The third kappa shape index (κ3) is 9.35. The number of rotatable bonds is 16. The SMILES string of the molecule is CCCCCCOc1ccc(-c2ccc(-c3ncc(OCCCCC[C@@H](C)CC)cn3)cc2)cc1. The van der Waals surface area contributed by atoms with Gasteiger partial charge in [0.2, 0.25) is 0 Å². The molecule has 0 radical (unpaired) electrons. The van der Waals surface area contributed by atoms with Crippen molar-refractivity contribution >= 4 is 0 Å². The van der Waals surface area contributed by atoms with E-state index in [1.54, 1.807) is 12.4 Å². The van der Waals surface area contributed by atoms with Crippen LogP contribution >= 0.6 is 0 Å². The van der Waals surface area contributed by atoms with Gasteiger partial charge in [-0.3, -0.25) is 0 Å². The third-order valence-corrected chi connectivity index (χ3v) is 6.53. The summed E-state index contributed by atoms with van der Waals surface area (Å²) in [7, 11) is 0. The van der Waals surface area contributed by atoms with Crippen LogP contribution in [0.4, 0.5) is 0 Å². The maximum atomic E-state index is 5.86. The number of benzene rings is 2. The van der Waals surface area contributed by atoms with Crippen LogP contribution in [-0.2, 0) is 0 Å². The van der Waals surface area contributed by atoms with Crippen LogP contribution in [0.2, 0.25) is 0 Å². The molecule has 188 valence electrons. The smallest absolute Gasteiger partial charge is 0.159 e. The summed E-state index contributed by atoms with van der Waals surface area (Å²) in [6.07, 6.45) is 14.6. The predicted octanol–water partition coefficient (Wildman–Crippen LogP) is 8.76. The number of aromatic nitrogens is 2. The number of hydrogen-bond donors (Lipinski definition) is 0. The van der Waals surface area contributed by atoms with Crippen molar-refractivity contribution in [3.8, 4) is 34.0 Å². The zero-order chi connectivity index (χ0) is 24.7. The molecule has 2 aromatic carbocycles. The lowest BCUT2D eigenvalue weighted by Gasteiger charge is -2.09. The first-order valence-electron chi connectivity index (χ1n) is 13.5. The summed E-state index contributed by atoms with van der Waals surface area (Å²) in [5, 5.41) is 0. The monoisotopic (exact) mass is 474 g/mol. The van der Waals surface area contributed by atoms with E-state index in [4.69, 9.17) is 9.47 Å². The first kappa shape index (κ1) is 26.7. The van der Waals surface area contributed by atoms with E-state index < -0.39 is 0 Å². The second kappa shape index (κ2) is 15.2. The Bertz CT molecular complexity index is 953. The topological polar surface area (TPSA) is 44.2 Å². The lowest BCUT2D eigenvalue weighted by molar-refractivity contribution is 0.300. The van der Waals surface area contributed by atoms with E-state index in [1.165, 1.54) is 50.5 Å². The maximum Gasteiger partial charge on any atom is 0.159 e. The highest BCUT2D eigenvalue weighted by Gasteiger charge is 2.05. The van der Waals surface area contributed by atoms with Crippen molar-refractivity contribution in [3.05, 3.63) is 60.9 Å². The molecule has 0 saturated carbocycles. The fourth-order valence-corrected chi connectivity index (χ4v) is 3.98. The molecule has 0 amide bonds. The predicted molar refractivity (Wildman–Crippen MR) is 146 cm³/mol. The molecule has 0 spiro atoms. The summed E-state index contributed by atoms with van der Waals surface area (Å²) < 4.78 is 11.7. The Morgan fingerprint density at radius 2 is 1.17 bits per heavy atom. The van der Waals surface area contributed by atoms with Crippen LogP contribution in [0.15, 0.2) is 60.9 Å². The maximum absolute atomic E-state index is 5.86. The number of hydrogen-bond acceptors (Lipinski definition) is 4. The van der Waals surface area contributed by atoms with Crippen LogP contribution in [0.3, 0.4) is 0 Å². The van der Waals surface area contributed by atoms with Crippen LogP contribution in [0, 0.1) is 5.92 Å². The Morgan fingerprint density at radius 1 is 0.629 bits per heavy atom. The molecule has 0 N–H and O–H groups in total. The van der Waals surface area contributed by atoms with Gasteiger partial charge in [-0.25, -0.2) is 9.97 Å². The Labute approximate surface area is 212 Å². The molecule has 0 bridgehead atoms. The van der Waals surface area contributed by atoms with Crippen molar-refractivity contribution in [1.29, 1.82) is 0 Å². The average Bonchev–Trinajstić information content (AvgIpc) is 2.91. The molecule has 0 saturated heterocycles. The molecule has 1 atom stereocenters. The summed E-state index contributed by atoms with van der Waals surface area (Å²) in [4.78, 5) is 9.01. The molecule has 4 heteroatoms. The number of nitrogens with zero attached hydrogens (tertiary/aromatic N) is 2. The van der Waals surface area contributed by atoms with Crippen molar-refractivity contribution < 1.29 is 9.47 Å². The molecule has 3 aromatic rings. The van der Waals surface area contributed by atoms with Crippen LogP contribution < -0.4 is 9.47 Å². The first-order valence-corrected chi connectivity index (χ1v) is 13.5. The van der Waals surface area contributed by atoms with Crippen molar-refractivity contribution in [1.82, 2.24) is 9.97 Å². The molecule has 3 rings (SSSR count). The Kier molecular flexibility index (Phi) is 11.6. The van der Waals surface area contributed by atoms with E-state index >= 15 is 0 Å². The molecular weight excluding hydrogens is 432 g/mol. The molecule has 0 aliphatic rings. The Balaban J connectivity index is 1.44. The summed E-state index contributed by atoms with van der Waals surface area (Å²) >= 11 is 0. The van der Waals surface area contributed by atoms with E-state index in [1.807, 2.05) is 0 Å². The second-order valence-corrected chi connectivity index (χ2v) is 9.46. The summed E-state index contributed by atoms with van der Waals surface area (Å²) in [5.41, 5.74) is 3.33. The van der Waals surface area contributed by atoms with E-state index in [0.29, 0.717) is 5.82 Å². The minimum Gasteiger partial charge on any atom is -0.494 e. The highest BCUT2D eigenvalue weighted by Crippen LogP contribution is 2.25. The second-order valence-electron chi connectivity index (χ2n) is 9.46. The van der Waals surface area contributed by atoms with Crippen molar-refractivity contribution in [3.63, 3.8) is 0 Å². The fraction of sp³-hybridized carbons (Fsp3) is 0.484. The van der Waals surface area contributed by atoms with Gasteiger partial charge in [-0.1, -0.05) is 102 Å². The highest BCUT2D eigenvalue weighted by molar-refractivity contribution is 5.68. The van der Waals surface area contributed by atoms with E-state index in [2.05, 4.69) is 79.3 Å². The third-order valence-electron chi connectivity index (χ3n) is 6.53. The molecule has 0 aliphatic carbocycles. The van der Waals surface area contributed by atoms with Gasteiger partial charge in [-0.15, -0.1) is 0 Å². The van der Waals surface area contributed by atoms with Crippen molar-refractivity contribution in [2.24, 2.45) is 5.92 Å². The van der Waals surface area contributed by atoms with Gasteiger partial charge in [-0.05, 0) is 42.0 Å². The van der Waals surface area contributed by atoms with Crippen LogP contribution in [0.1, 0.15) is 78.6 Å². The Hall–Kier alpha value is -2.88. The largest absolute Gasteiger partial charge is 0.494 e. The van der Waals surface area contributed by atoms with Gasteiger partial charge in [0.15, 0.2) is 11.6 Å². The summed E-state index contributed by atoms with van der Waals surface area (Å²) in [5.74, 6) is 3.21. The summed E-state index contributed by atoms with van der Waals surface area (Å²) in [6, 6.07) is 16.7. The van der Waals surface area contributed by atoms with Crippen molar-refractivity contribution in [2.45, 2.75) is 78.6 Å². The Morgan fingerprint density at radius 3 is 1.77 bits per heavy atom. The first-order chi connectivity index (χ1) is 17.2. The van der Waals surface area contributed by atoms with E-state index in [0.717, 1.165) is 54.6 Å². The zero-order valence-electron chi connectivity index (χ0n) is 21.8. The van der Waals surface area contributed by atoms with Crippen LogP contribution in [0.5, 0.6) is 11.5 Å². The fourth-order valence-electron chi connectivity index (χ4n) is 3.98. The molecule has 35 heavy (non-hydrogen) atoms. The van der Waals surface area contributed by atoms with E-state index in [-0.39, 0.29) is 0 Å². The van der Waals surface area contributed by atoms with Gasteiger partial charge in [0.05, 0.1) is 25.6 Å². The molecule has 4 nitrogen and oxygen atoms in total. The lowest BCUT2D eigenvalue weighted by Crippen LogP contribution is -2.00. The van der Waals surface area contributed by atoms with E-state index in [9.17, 15) is 0 Å². The number of unbranched alkanes of at least 4 members (excludes halogenated alkanes) is 5. The molecule has 0 aliphatic heterocycles. The van der Waals surface area contributed by atoms with Crippen LogP contribution in [0.25, 0.3) is 22.5 Å². The minimum atomic E-state index is 0.712. The lowest BCUT2D eigenvalue weighted by atomic mass is 10.0. The zero-order valence-corrected chi connectivity index (χ0v) is 21.8. The average molecular weight is 475 g/mol. The van der Waals surface area contributed by atoms with Gasteiger partial charge < -0.3 is 9.47 Å². The van der Waals surface area contributed by atoms with Crippen LogP contribution in [-0.4, -0.2) is 23.2 Å². The van der Waals surface area contributed by atoms with Gasteiger partial charge in [0.1, 0.15) is 5.75 Å². The molecule has 0 unspecified atom stereocenters. The molecular formula is C31H42N2O2. The normalized spacial score (nSPS) is 11.9. The molecule has 0 fully saturated rings. The van der Waals surface area contributed by atoms with Gasteiger partial charge in [0, 0.05) is 5.56 Å². The van der Waals surface area contributed by atoms with Gasteiger partial charge in [0.25, 0.3) is 0 Å². The van der Waals surface area contributed by atoms with Gasteiger partial charge >= 0.3 is 0 Å². The van der Waals surface area contributed by atoms with Gasteiger partial charge in [-0.2, -0.15) is 0 Å². The summed E-state index contributed by atoms with van der Waals surface area (Å²) in [6.45, 7) is 8.32.